The quantitative estimate of drug-likeness (QED) is 0.928. The molecule has 1 aromatic heterocycles. The van der Waals surface area contributed by atoms with Gasteiger partial charge < -0.3 is 4.52 Å². The first-order chi connectivity index (χ1) is 8.88. The molecule has 2 rings (SSSR count). The highest BCUT2D eigenvalue weighted by atomic mass is 35.5. The zero-order chi connectivity index (χ0) is 14.0. The first-order valence-electron chi connectivity index (χ1n) is 5.12. The minimum absolute atomic E-state index is 0.134. The third-order valence-corrected chi connectivity index (χ3v) is 3.87. The normalized spacial score (nSPS) is 11.7. The zero-order valence-electron chi connectivity index (χ0n) is 9.72. The molecule has 0 fully saturated rings. The van der Waals surface area contributed by atoms with Crippen LogP contribution in [0.1, 0.15) is 11.7 Å². The lowest BCUT2D eigenvalue weighted by molar-refractivity contribution is 0.372. The van der Waals surface area contributed by atoms with Crippen LogP contribution < -0.4 is 4.72 Å². The number of aryl methyl sites for hydroxylation is 1. The molecule has 6 nitrogen and oxygen atoms in total. The highest BCUT2D eigenvalue weighted by molar-refractivity contribution is 7.89. The second kappa shape index (κ2) is 5.24. The van der Waals surface area contributed by atoms with Crippen molar-refractivity contribution in [1.82, 2.24) is 14.9 Å². The van der Waals surface area contributed by atoms with E-state index in [9.17, 15) is 12.8 Å². The van der Waals surface area contributed by atoms with Gasteiger partial charge in [-0.1, -0.05) is 16.8 Å². The first-order valence-corrected chi connectivity index (χ1v) is 6.98. The van der Waals surface area contributed by atoms with Gasteiger partial charge in [0.25, 0.3) is 0 Å². The van der Waals surface area contributed by atoms with E-state index in [0.717, 1.165) is 18.2 Å². The lowest BCUT2D eigenvalue weighted by atomic mass is 10.3. The summed E-state index contributed by atoms with van der Waals surface area (Å²) in [4.78, 5) is 3.70. The van der Waals surface area contributed by atoms with Gasteiger partial charge in [-0.05, 0) is 25.1 Å². The molecule has 0 bridgehead atoms. The lowest BCUT2D eigenvalue weighted by Crippen LogP contribution is -2.23. The van der Waals surface area contributed by atoms with E-state index in [1.54, 1.807) is 6.92 Å². The highest BCUT2D eigenvalue weighted by Gasteiger charge is 2.17. The summed E-state index contributed by atoms with van der Waals surface area (Å²) in [7, 11) is -3.82. The molecule has 0 aliphatic rings. The Hall–Kier alpha value is -1.51. The third kappa shape index (κ3) is 3.28. The zero-order valence-corrected chi connectivity index (χ0v) is 11.3. The van der Waals surface area contributed by atoms with Crippen LogP contribution in [0.2, 0.25) is 5.02 Å². The molecule has 1 heterocycles. The van der Waals surface area contributed by atoms with Crippen LogP contribution >= 0.6 is 11.6 Å². The molecule has 0 radical (unpaired) electrons. The molecule has 0 spiro atoms. The average Bonchev–Trinajstić information content (AvgIpc) is 2.76. The van der Waals surface area contributed by atoms with Crippen LogP contribution in [0.25, 0.3) is 0 Å². The SMILES string of the molecule is Cc1noc(CNS(=O)(=O)c2ccc(F)c(Cl)c2)n1. The van der Waals surface area contributed by atoms with Gasteiger partial charge in [0.1, 0.15) is 5.82 Å². The Labute approximate surface area is 113 Å². The Balaban J connectivity index is 2.16. The summed E-state index contributed by atoms with van der Waals surface area (Å²) in [6.45, 7) is 1.46. The monoisotopic (exact) mass is 305 g/mol. The van der Waals surface area contributed by atoms with Gasteiger partial charge in [-0.2, -0.15) is 4.98 Å². The molecule has 1 N–H and O–H groups in total. The van der Waals surface area contributed by atoms with E-state index in [4.69, 9.17) is 16.1 Å². The van der Waals surface area contributed by atoms with E-state index >= 15 is 0 Å². The van der Waals surface area contributed by atoms with Crippen molar-refractivity contribution in [2.75, 3.05) is 0 Å². The number of hydrogen-bond acceptors (Lipinski definition) is 5. The van der Waals surface area contributed by atoms with Crippen molar-refractivity contribution in [3.05, 3.63) is 40.8 Å². The highest BCUT2D eigenvalue weighted by Crippen LogP contribution is 2.19. The van der Waals surface area contributed by atoms with Gasteiger partial charge in [0.15, 0.2) is 5.82 Å². The Kier molecular flexibility index (Phi) is 3.83. The van der Waals surface area contributed by atoms with Crippen molar-refractivity contribution in [2.24, 2.45) is 0 Å². The summed E-state index contributed by atoms with van der Waals surface area (Å²) in [6.07, 6.45) is 0. The van der Waals surface area contributed by atoms with E-state index in [1.807, 2.05) is 0 Å². The topological polar surface area (TPSA) is 85.1 Å². The smallest absolute Gasteiger partial charge is 0.241 e. The van der Waals surface area contributed by atoms with Crippen LogP contribution in [0.3, 0.4) is 0 Å². The number of halogens is 2. The molecule has 9 heteroatoms. The third-order valence-electron chi connectivity index (χ3n) is 2.18. The molecular weight excluding hydrogens is 297 g/mol. The minimum Gasteiger partial charge on any atom is -0.338 e. The fourth-order valence-electron chi connectivity index (χ4n) is 1.30. The van der Waals surface area contributed by atoms with Gasteiger partial charge in [-0.25, -0.2) is 17.5 Å². The maximum absolute atomic E-state index is 13.0. The van der Waals surface area contributed by atoms with E-state index in [-0.39, 0.29) is 22.4 Å². The van der Waals surface area contributed by atoms with Crippen LogP contribution in [0, 0.1) is 12.7 Å². The van der Waals surface area contributed by atoms with Crippen molar-refractivity contribution in [3.8, 4) is 0 Å². The van der Waals surface area contributed by atoms with Crippen LogP contribution in [-0.2, 0) is 16.6 Å². The number of rotatable bonds is 4. The lowest BCUT2D eigenvalue weighted by Gasteiger charge is -2.05. The van der Waals surface area contributed by atoms with E-state index in [2.05, 4.69) is 14.9 Å². The summed E-state index contributed by atoms with van der Waals surface area (Å²) in [5.41, 5.74) is 0. The minimum atomic E-state index is -3.82. The molecule has 0 atom stereocenters. The van der Waals surface area contributed by atoms with E-state index < -0.39 is 15.8 Å². The average molecular weight is 306 g/mol. The number of benzene rings is 1. The van der Waals surface area contributed by atoms with Gasteiger partial charge in [0.2, 0.25) is 15.9 Å². The summed E-state index contributed by atoms with van der Waals surface area (Å²) < 4.78 is 43.8. The Morgan fingerprint density at radius 3 is 2.79 bits per heavy atom. The fraction of sp³-hybridized carbons (Fsp3) is 0.200. The molecule has 0 amide bonds. The largest absolute Gasteiger partial charge is 0.338 e. The summed E-state index contributed by atoms with van der Waals surface area (Å²) >= 11 is 5.53. The van der Waals surface area contributed by atoms with Crippen LogP contribution in [0.15, 0.2) is 27.6 Å². The Bertz CT molecular complexity index is 702. The van der Waals surface area contributed by atoms with Crippen LogP contribution in [0.5, 0.6) is 0 Å². The van der Waals surface area contributed by atoms with Gasteiger partial charge in [0, 0.05) is 0 Å². The Morgan fingerprint density at radius 1 is 1.47 bits per heavy atom. The van der Waals surface area contributed by atoms with Crippen LogP contribution in [0.4, 0.5) is 4.39 Å². The molecule has 0 aliphatic carbocycles. The second-order valence-corrected chi connectivity index (χ2v) is 5.81. The first kappa shape index (κ1) is 13.9. The number of hydrogen-bond donors (Lipinski definition) is 1. The van der Waals surface area contributed by atoms with E-state index in [1.165, 1.54) is 0 Å². The molecule has 1 aromatic carbocycles. The molecule has 0 unspecified atom stereocenters. The molecule has 0 aliphatic heterocycles. The predicted octanol–water partition coefficient (Wildman–Crippen LogP) is 1.65. The number of sulfonamides is 1. The number of nitrogens with zero attached hydrogens (tertiary/aromatic N) is 2. The second-order valence-electron chi connectivity index (χ2n) is 3.64. The number of nitrogens with one attached hydrogen (secondary N) is 1. The fourth-order valence-corrected chi connectivity index (χ4v) is 2.54. The maximum atomic E-state index is 13.0. The van der Waals surface area contributed by atoms with Gasteiger partial charge in [0.05, 0.1) is 16.5 Å². The molecular formula is C10H9ClFN3O3S. The van der Waals surface area contributed by atoms with Gasteiger partial charge in [-0.15, -0.1) is 0 Å². The van der Waals surface area contributed by atoms with Gasteiger partial charge >= 0.3 is 0 Å². The van der Waals surface area contributed by atoms with Crippen molar-refractivity contribution in [2.45, 2.75) is 18.4 Å². The summed E-state index contributed by atoms with van der Waals surface area (Å²) in [6, 6.07) is 3.12. The number of aromatic nitrogens is 2. The maximum Gasteiger partial charge on any atom is 0.241 e. The van der Waals surface area contributed by atoms with Crippen molar-refractivity contribution >= 4 is 21.6 Å². The molecule has 19 heavy (non-hydrogen) atoms. The van der Waals surface area contributed by atoms with E-state index in [0.29, 0.717) is 5.82 Å². The van der Waals surface area contributed by atoms with Crippen molar-refractivity contribution in [3.63, 3.8) is 0 Å². The van der Waals surface area contributed by atoms with Crippen molar-refractivity contribution < 1.29 is 17.3 Å². The molecule has 102 valence electrons. The molecule has 0 saturated heterocycles. The summed E-state index contributed by atoms with van der Waals surface area (Å²) in [5, 5.41) is 3.26. The Morgan fingerprint density at radius 2 is 2.21 bits per heavy atom. The van der Waals surface area contributed by atoms with Gasteiger partial charge in [-0.3, -0.25) is 0 Å². The summed E-state index contributed by atoms with van der Waals surface area (Å²) in [5.74, 6) is -0.151. The molecule has 0 saturated carbocycles. The van der Waals surface area contributed by atoms with Crippen LogP contribution in [-0.4, -0.2) is 18.6 Å². The predicted molar refractivity (Wildman–Crippen MR) is 64.5 cm³/mol. The standard InChI is InChI=1S/C10H9ClFN3O3S/c1-6-14-10(18-15-6)5-13-19(16,17)7-2-3-9(12)8(11)4-7/h2-4,13H,5H2,1H3. The molecule has 2 aromatic rings. The van der Waals surface area contributed by atoms with Crippen molar-refractivity contribution in [1.29, 1.82) is 0 Å².